The number of carboxylic acid groups (broad SMARTS) is 1. The molecule has 0 aromatic heterocycles. The molecule has 0 aliphatic carbocycles. The van der Waals surface area contributed by atoms with Crippen LogP contribution < -0.4 is 0 Å². The van der Waals surface area contributed by atoms with E-state index < -0.39 is 24.8 Å². The number of aliphatic carboxylic acids is 1. The van der Waals surface area contributed by atoms with E-state index in [4.69, 9.17) is 12.0 Å². The van der Waals surface area contributed by atoms with Gasteiger partial charge in [0.25, 0.3) is 0 Å². The molecule has 0 aromatic rings. The van der Waals surface area contributed by atoms with Gasteiger partial charge in [0.1, 0.15) is 0 Å². The topological polar surface area (TPSA) is 57.5 Å². The van der Waals surface area contributed by atoms with E-state index in [0.717, 1.165) is 25.7 Å². The highest BCUT2D eigenvalue weighted by Crippen LogP contribution is 2.12. The molecular weight excluding hydrogens is 216 g/mol. The Labute approximate surface area is 112 Å². The second-order valence-corrected chi connectivity index (χ2v) is 4.16. The van der Waals surface area contributed by atoms with Crippen molar-refractivity contribution in [3.05, 3.63) is 0 Å². The van der Waals surface area contributed by atoms with Gasteiger partial charge in [-0.25, -0.2) is 0 Å². The minimum Gasteiger partial charge on any atom is -0.481 e. The monoisotopic (exact) mass is 249 g/mol. The van der Waals surface area contributed by atoms with E-state index in [2.05, 4.69) is 6.92 Å². The smallest absolute Gasteiger partial charge is 0.303 e. The average molecular weight is 249 g/mol. The van der Waals surface area contributed by atoms with E-state index >= 15 is 0 Å². The lowest BCUT2D eigenvalue weighted by molar-refractivity contribution is -0.137. The average Bonchev–Trinajstić information content (AvgIpc) is 2.37. The lowest BCUT2D eigenvalue weighted by atomic mass is 10.0. The van der Waals surface area contributed by atoms with Crippen molar-refractivity contribution >= 4 is 5.97 Å². The van der Waals surface area contributed by atoms with Crippen molar-refractivity contribution in [1.29, 1.82) is 0 Å². The molecule has 3 heteroatoms. The zero-order valence-electron chi connectivity index (χ0n) is 15.7. The number of unbranched alkanes of at least 4 members (excludes halogenated alkanes) is 4. The predicted octanol–water partition coefficient (Wildman–Crippen LogP) is 3.74. The van der Waals surface area contributed by atoms with Gasteiger partial charge in [0.2, 0.25) is 0 Å². The summed E-state index contributed by atoms with van der Waals surface area (Å²) in [7, 11) is 0. The number of hydrogen-bond donors (Lipinski definition) is 2. The first-order valence-corrected chi connectivity index (χ1v) is 6.42. The summed E-state index contributed by atoms with van der Waals surface area (Å²) in [5.41, 5.74) is 0. The first kappa shape index (κ1) is 9.37. The summed E-state index contributed by atoms with van der Waals surface area (Å²) in [5.74, 6) is -1.08. The fraction of sp³-hybridized carbons (Fsp3) is 0.929. The van der Waals surface area contributed by atoms with Crippen LogP contribution in [0.15, 0.2) is 0 Å². The van der Waals surface area contributed by atoms with E-state index in [-0.39, 0.29) is 25.7 Å². The molecule has 0 amide bonds. The largest absolute Gasteiger partial charge is 0.481 e. The SMILES string of the molecule is [2H]C([2H])(CCCC(=O)O)C([2H])([2H])C([2H])(O)CCCCCCC. The van der Waals surface area contributed by atoms with Crippen LogP contribution in [0.5, 0.6) is 0 Å². The van der Waals surface area contributed by atoms with Crippen molar-refractivity contribution in [3.63, 3.8) is 0 Å². The van der Waals surface area contributed by atoms with Crippen LogP contribution in [0.4, 0.5) is 0 Å². The summed E-state index contributed by atoms with van der Waals surface area (Å²) in [6, 6.07) is 0. The van der Waals surface area contributed by atoms with Crippen molar-refractivity contribution in [2.45, 2.75) is 83.5 Å². The van der Waals surface area contributed by atoms with Crippen LogP contribution in [0.2, 0.25) is 0 Å². The maximum Gasteiger partial charge on any atom is 0.303 e. The zero-order valence-corrected chi connectivity index (χ0v) is 10.7. The normalized spacial score (nSPS) is 20.5. The highest BCUT2D eigenvalue weighted by molar-refractivity contribution is 5.66. The highest BCUT2D eigenvalue weighted by atomic mass is 16.4. The summed E-state index contributed by atoms with van der Waals surface area (Å²) in [5, 5.41) is 18.6. The zero-order chi connectivity index (χ0) is 17.4. The first-order valence-electron chi connectivity index (χ1n) is 8.92. The molecule has 0 aromatic carbocycles. The third kappa shape index (κ3) is 13.4. The second kappa shape index (κ2) is 11.9. The van der Waals surface area contributed by atoms with Gasteiger partial charge in [-0.15, -0.1) is 0 Å². The van der Waals surface area contributed by atoms with E-state index in [1.165, 1.54) is 0 Å². The number of hydrogen-bond acceptors (Lipinski definition) is 2. The molecule has 102 valence electrons. The summed E-state index contributed by atoms with van der Waals surface area (Å²) < 4.78 is 39.1. The Kier molecular flexibility index (Phi) is 6.56. The van der Waals surface area contributed by atoms with Gasteiger partial charge >= 0.3 is 5.97 Å². The van der Waals surface area contributed by atoms with Crippen LogP contribution in [0.3, 0.4) is 0 Å². The third-order valence-electron chi connectivity index (χ3n) is 2.44. The molecule has 2 N–H and O–H groups in total. The number of rotatable bonds is 12. The summed E-state index contributed by atoms with van der Waals surface area (Å²) in [6.07, 6.45) is -4.24. The summed E-state index contributed by atoms with van der Waals surface area (Å²) >= 11 is 0. The van der Waals surface area contributed by atoms with Crippen LogP contribution >= 0.6 is 0 Å². The highest BCUT2D eigenvalue weighted by Gasteiger charge is 2.04. The van der Waals surface area contributed by atoms with Gasteiger partial charge in [0.15, 0.2) is 0 Å². The lowest BCUT2D eigenvalue weighted by Crippen LogP contribution is -2.06. The molecule has 0 aliphatic rings. The third-order valence-corrected chi connectivity index (χ3v) is 2.44. The molecule has 0 saturated heterocycles. The Morgan fingerprint density at radius 1 is 1.24 bits per heavy atom. The molecule has 0 saturated carbocycles. The van der Waals surface area contributed by atoms with Gasteiger partial charge in [-0.3, -0.25) is 4.79 Å². The van der Waals surface area contributed by atoms with Crippen molar-refractivity contribution < 1.29 is 21.9 Å². The molecule has 0 fully saturated rings. The molecule has 0 spiro atoms. The standard InChI is InChI=1S/C14H28O3/c1-2-3-4-5-7-10-13(15)11-8-6-9-12-14(16)17/h13,15H,2-12H2,1H3,(H,16,17)/i8D2,11D2,13D. The summed E-state index contributed by atoms with van der Waals surface area (Å²) in [6.45, 7) is 2.06. The molecule has 1 unspecified atom stereocenters. The van der Waals surface area contributed by atoms with Gasteiger partial charge in [0, 0.05) is 11.9 Å². The Bertz CT molecular complexity index is 345. The van der Waals surface area contributed by atoms with E-state index in [1.807, 2.05) is 0 Å². The Morgan fingerprint density at radius 2 is 1.94 bits per heavy atom. The molecule has 3 nitrogen and oxygen atoms in total. The van der Waals surface area contributed by atoms with Gasteiger partial charge < -0.3 is 10.2 Å². The number of aliphatic hydroxyl groups is 1. The van der Waals surface area contributed by atoms with Crippen molar-refractivity contribution in [2.75, 3.05) is 0 Å². The van der Waals surface area contributed by atoms with E-state index in [9.17, 15) is 9.90 Å². The van der Waals surface area contributed by atoms with Crippen LogP contribution in [0, 0.1) is 0 Å². The van der Waals surface area contributed by atoms with Gasteiger partial charge in [-0.1, -0.05) is 51.8 Å². The van der Waals surface area contributed by atoms with Gasteiger partial charge in [-0.05, 0) is 19.2 Å². The lowest BCUT2D eigenvalue weighted by Gasteiger charge is -2.09. The van der Waals surface area contributed by atoms with Crippen LogP contribution in [-0.2, 0) is 4.79 Å². The Hall–Kier alpha value is -0.570. The summed E-state index contributed by atoms with van der Waals surface area (Å²) in [4.78, 5) is 10.5. The molecule has 1 atom stereocenters. The van der Waals surface area contributed by atoms with Crippen molar-refractivity contribution in [3.8, 4) is 0 Å². The van der Waals surface area contributed by atoms with Gasteiger partial charge in [-0.2, -0.15) is 0 Å². The van der Waals surface area contributed by atoms with Crippen molar-refractivity contribution in [2.24, 2.45) is 0 Å². The number of carboxylic acids is 1. The number of carbonyl (C=O) groups is 1. The minimum atomic E-state index is -2.76. The molecule has 0 radical (unpaired) electrons. The van der Waals surface area contributed by atoms with Crippen LogP contribution in [0.1, 0.15) is 84.3 Å². The molecule has 0 aliphatic heterocycles. The Balaban J connectivity index is 4.59. The maximum atomic E-state index is 10.5. The second-order valence-electron chi connectivity index (χ2n) is 4.16. The molecule has 17 heavy (non-hydrogen) atoms. The first-order chi connectivity index (χ1) is 9.98. The van der Waals surface area contributed by atoms with Crippen LogP contribution in [0.25, 0.3) is 0 Å². The van der Waals surface area contributed by atoms with Crippen LogP contribution in [-0.4, -0.2) is 22.3 Å². The molecule has 0 bridgehead atoms. The predicted molar refractivity (Wildman–Crippen MR) is 70.1 cm³/mol. The minimum absolute atomic E-state index is 0.0333. The fourth-order valence-corrected chi connectivity index (χ4v) is 1.45. The maximum absolute atomic E-state index is 10.5. The van der Waals surface area contributed by atoms with Gasteiger partial charge in [0.05, 0.1) is 7.45 Å². The quantitative estimate of drug-likeness (QED) is 0.518. The van der Waals surface area contributed by atoms with Crippen molar-refractivity contribution in [1.82, 2.24) is 0 Å². The van der Waals surface area contributed by atoms with E-state index in [0.29, 0.717) is 6.42 Å². The molecule has 0 heterocycles. The fourth-order valence-electron chi connectivity index (χ4n) is 1.45. The Morgan fingerprint density at radius 3 is 2.59 bits per heavy atom. The van der Waals surface area contributed by atoms with E-state index in [1.54, 1.807) is 0 Å². The molecule has 0 rings (SSSR count). The molecular formula is C14H28O3.